The highest BCUT2D eigenvalue weighted by molar-refractivity contribution is 5.15. The Kier molecular flexibility index (Phi) is 5.71. The summed E-state index contributed by atoms with van der Waals surface area (Å²) in [5, 5.41) is 0. The standard InChI is InChI=1S/C21H31NO3/c1-2-4-18(5-3-1)6-9-22-12-20-14-25-17-21(20,15-22)16-24-13-19-7-10-23-11-8-19/h1-5,19-20H,6-17H2/t20-,21-/m0/s1. The van der Waals surface area contributed by atoms with Crippen molar-refractivity contribution in [3.05, 3.63) is 35.9 Å². The number of hydrogen-bond donors (Lipinski definition) is 0. The van der Waals surface area contributed by atoms with Crippen molar-refractivity contribution in [2.24, 2.45) is 17.3 Å². The fourth-order valence-electron chi connectivity index (χ4n) is 4.59. The predicted octanol–water partition coefficient (Wildman–Crippen LogP) is 2.62. The van der Waals surface area contributed by atoms with Crippen LogP contribution in [0.2, 0.25) is 0 Å². The van der Waals surface area contributed by atoms with Gasteiger partial charge in [0.15, 0.2) is 0 Å². The summed E-state index contributed by atoms with van der Waals surface area (Å²) in [5.74, 6) is 1.32. The Balaban J connectivity index is 1.26. The van der Waals surface area contributed by atoms with E-state index in [-0.39, 0.29) is 5.41 Å². The molecule has 0 bridgehead atoms. The molecule has 3 heterocycles. The summed E-state index contributed by atoms with van der Waals surface area (Å²) in [5.41, 5.74) is 1.66. The van der Waals surface area contributed by atoms with Crippen LogP contribution in [0.3, 0.4) is 0 Å². The molecule has 0 unspecified atom stereocenters. The van der Waals surface area contributed by atoms with Gasteiger partial charge < -0.3 is 19.1 Å². The summed E-state index contributed by atoms with van der Waals surface area (Å²) in [4.78, 5) is 2.62. The number of hydrogen-bond acceptors (Lipinski definition) is 4. The molecule has 3 aliphatic heterocycles. The molecule has 3 fully saturated rings. The zero-order valence-electron chi connectivity index (χ0n) is 15.2. The molecule has 4 rings (SSSR count). The molecule has 0 amide bonds. The second kappa shape index (κ2) is 8.17. The molecule has 0 saturated carbocycles. The number of ether oxygens (including phenoxy) is 3. The molecule has 3 saturated heterocycles. The fourth-order valence-corrected chi connectivity index (χ4v) is 4.59. The van der Waals surface area contributed by atoms with Crippen LogP contribution in [0.1, 0.15) is 18.4 Å². The van der Waals surface area contributed by atoms with Crippen LogP contribution in [0.4, 0.5) is 0 Å². The van der Waals surface area contributed by atoms with Crippen LogP contribution in [0, 0.1) is 17.3 Å². The van der Waals surface area contributed by atoms with Gasteiger partial charge in [-0.3, -0.25) is 0 Å². The van der Waals surface area contributed by atoms with Crippen molar-refractivity contribution in [3.8, 4) is 0 Å². The normalized spacial score (nSPS) is 30.6. The van der Waals surface area contributed by atoms with Crippen LogP contribution in [-0.2, 0) is 20.6 Å². The maximum absolute atomic E-state index is 6.21. The smallest absolute Gasteiger partial charge is 0.0561 e. The SMILES string of the molecule is c1ccc(CCN2C[C@H]3COC[C@@]3(COCC3CCOCC3)C2)cc1. The van der Waals surface area contributed by atoms with Gasteiger partial charge in [-0.25, -0.2) is 0 Å². The van der Waals surface area contributed by atoms with Gasteiger partial charge in [-0.05, 0) is 30.7 Å². The second-order valence-corrected chi connectivity index (χ2v) is 8.12. The highest BCUT2D eigenvalue weighted by atomic mass is 16.5. The van der Waals surface area contributed by atoms with Gasteiger partial charge in [0.2, 0.25) is 0 Å². The van der Waals surface area contributed by atoms with Gasteiger partial charge >= 0.3 is 0 Å². The molecule has 1 aromatic rings. The monoisotopic (exact) mass is 345 g/mol. The molecular formula is C21H31NO3. The Bertz CT molecular complexity index is 531. The van der Waals surface area contributed by atoms with Crippen LogP contribution >= 0.6 is 0 Å². The Morgan fingerprint density at radius 1 is 1.12 bits per heavy atom. The number of fused-ring (bicyclic) bond motifs is 1. The van der Waals surface area contributed by atoms with Crippen LogP contribution in [0.15, 0.2) is 30.3 Å². The molecule has 0 aliphatic carbocycles. The van der Waals surface area contributed by atoms with Gasteiger partial charge in [-0.2, -0.15) is 0 Å². The number of benzene rings is 1. The van der Waals surface area contributed by atoms with Crippen molar-refractivity contribution in [3.63, 3.8) is 0 Å². The summed E-state index contributed by atoms with van der Waals surface area (Å²) >= 11 is 0. The lowest BCUT2D eigenvalue weighted by Gasteiger charge is -2.29. The largest absolute Gasteiger partial charge is 0.381 e. The summed E-state index contributed by atoms with van der Waals surface area (Å²) < 4.78 is 17.5. The fraction of sp³-hybridized carbons (Fsp3) is 0.714. The lowest BCUT2D eigenvalue weighted by atomic mass is 9.82. The van der Waals surface area contributed by atoms with Crippen LogP contribution in [0.5, 0.6) is 0 Å². The third-order valence-corrected chi connectivity index (χ3v) is 6.24. The molecule has 3 aliphatic rings. The van der Waals surface area contributed by atoms with Crippen molar-refractivity contribution in [2.45, 2.75) is 19.3 Å². The lowest BCUT2D eigenvalue weighted by Crippen LogP contribution is -2.37. The van der Waals surface area contributed by atoms with E-state index in [0.717, 1.165) is 78.5 Å². The molecule has 1 aromatic carbocycles. The Morgan fingerprint density at radius 2 is 1.96 bits per heavy atom. The highest BCUT2D eigenvalue weighted by Gasteiger charge is 2.50. The third kappa shape index (κ3) is 4.25. The summed E-state index contributed by atoms with van der Waals surface area (Å²) in [6, 6.07) is 10.8. The molecule has 0 N–H and O–H groups in total. The Labute approximate surface area is 151 Å². The van der Waals surface area contributed by atoms with E-state index < -0.39 is 0 Å². The van der Waals surface area contributed by atoms with Crippen molar-refractivity contribution in [2.75, 3.05) is 59.3 Å². The van der Waals surface area contributed by atoms with Gasteiger partial charge in [-0.15, -0.1) is 0 Å². The van der Waals surface area contributed by atoms with E-state index in [1.807, 2.05) is 0 Å². The first kappa shape index (κ1) is 17.5. The average Bonchev–Trinajstić information content (AvgIpc) is 3.18. The van der Waals surface area contributed by atoms with Crippen LogP contribution in [-0.4, -0.2) is 64.2 Å². The topological polar surface area (TPSA) is 30.9 Å². The number of likely N-dealkylation sites (tertiary alicyclic amines) is 1. The van der Waals surface area contributed by atoms with Gasteiger partial charge in [0.25, 0.3) is 0 Å². The summed E-state index contributed by atoms with van der Waals surface area (Å²) in [7, 11) is 0. The summed E-state index contributed by atoms with van der Waals surface area (Å²) in [6.07, 6.45) is 3.43. The second-order valence-electron chi connectivity index (χ2n) is 8.12. The first-order valence-corrected chi connectivity index (χ1v) is 9.84. The van der Waals surface area contributed by atoms with E-state index in [0.29, 0.717) is 11.8 Å². The van der Waals surface area contributed by atoms with Gasteiger partial charge in [0.1, 0.15) is 0 Å². The summed E-state index contributed by atoms with van der Waals surface area (Å²) in [6.45, 7) is 8.75. The van der Waals surface area contributed by atoms with E-state index in [9.17, 15) is 0 Å². The minimum atomic E-state index is 0.224. The zero-order chi connectivity index (χ0) is 17.0. The number of rotatable bonds is 7. The molecule has 25 heavy (non-hydrogen) atoms. The first-order valence-electron chi connectivity index (χ1n) is 9.84. The molecule has 2 atom stereocenters. The van der Waals surface area contributed by atoms with E-state index in [4.69, 9.17) is 14.2 Å². The van der Waals surface area contributed by atoms with Crippen molar-refractivity contribution in [1.82, 2.24) is 4.90 Å². The van der Waals surface area contributed by atoms with E-state index in [1.165, 1.54) is 5.56 Å². The van der Waals surface area contributed by atoms with E-state index >= 15 is 0 Å². The van der Waals surface area contributed by atoms with Gasteiger partial charge in [0.05, 0.1) is 19.8 Å². The predicted molar refractivity (Wildman–Crippen MR) is 97.7 cm³/mol. The van der Waals surface area contributed by atoms with E-state index in [1.54, 1.807) is 0 Å². The van der Waals surface area contributed by atoms with Crippen molar-refractivity contribution in [1.29, 1.82) is 0 Å². The Morgan fingerprint density at radius 3 is 2.80 bits per heavy atom. The molecule has 0 aromatic heterocycles. The maximum Gasteiger partial charge on any atom is 0.0561 e. The van der Waals surface area contributed by atoms with E-state index in [2.05, 4.69) is 35.2 Å². The molecule has 4 heteroatoms. The quantitative estimate of drug-likeness (QED) is 0.760. The number of nitrogens with zero attached hydrogens (tertiary/aromatic N) is 1. The first-order chi connectivity index (χ1) is 12.3. The lowest BCUT2D eigenvalue weighted by molar-refractivity contribution is -0.0154. The van der Waals surface area contributed by atoms with Crippen LogP contribution in [0.25, 0.3) is 0 Å². The minimum Gasteiger partial charge on any atom is -0.381 e. The molecule has 138 valence electrons. The maximum atomic E-state index is 6.21. The third-order valence-electron chi connectivity index (χ3n) is 6.24. The minimum absolute atomic E-state index is 0.224. The molecule has 4 nitrogen and oxygen atoms in total. The molecule has 0 spiro atoms. The molecule has 0 radical (unpaired) electrons. The zero-order valence-corrected chi connectivity index (χ0v) is 15.2. The van der Waals surface area contributed by atoms with Crippen LogP contribution < -0.4 is 0 Å². The van der Waals surface area contributed by atoms with Crippen molar-refractivity contribution < 1.29 is 14.2 Å². The van der Waals surface area contributed by atoms with Gasteiger partial charge in [-0.1, -0.05) is 30.3 Å². The molecular weight excluding hydrogens is 314 g/mol. The highest BCUT2D eigenvalue weighted by Crippen LogP contribution is 2.41. The Hall–Kier alpha value is -0.940. The van der Waals surface area contributed by atoms with Crippen molar-refractivity contribution >= 4 is 0 Å². The average molecular weight is 345 g/mol. The van der Waals surface area contributed by atoms with Gasteiger partial charge in [0, 0.05) is 50.8 Å².